The van der Waals surface area contributed by atoms with Crippen molar-refractivity contribution in [2.45, 2.75) is 26.8 Å². The van der Waals surface area contributed by atoms with Crippen LogP contribution in [0.15, 0.2) is 0 Å². The van der Waals surface area contributed by atoms with Crippen LogP contribution in [0.1, 0.15) is 31.3 Å². The zero-order chi connectivity index (χ0) is 8.43. The van der Waals surface area contributed by atoms with E-state index in [9.17, 15) is 0 Å². The Morgan fingerprint density at radius 2 is 2.18 bits per heavy atom. The molecular formula is C7H10N4. The molecule has 1 aromatic heterocycles. The van der Waals surface area contributed by atoms with Crippen molar-refractivity contribution >= 4 is 0 Å². The van der Waals surface area contributed by atoms with Gasteiger partial charge in [-0.15, -0.1) is 5.10 Å². The number of nitriles is 1. The second kappa shape index (κ2) is 2.70. The van der Waals surface area contributed by atoms with Gasteiger partial charge in [-0.3, -0.25) is 0 Å². The number of rotatable bonds is 1. The zero-order valence-corrected chi connectivity index (χ0v) is 6.87. The van der Waals surface area contributed by atoms with Crippen molar-refractivity contribution in [3.63, 3.8) is 0 Å². The molecule has 1 rings (SSSR count). The van der Waals surface area contributed by atoms with Crippen molar-refractivity contribution in [3.8, 4) is 6.07 Å². The maximum absolute atomic E-state index is 8.69. The van der Waals surface area contributed by atoms with Gasteiger partial charge in [-0.05, 0) is 20.8 Å². The second-order valence-electron chi connectivity index (χ2n) is 2.67. The summed E-state index contributed by atoms with van der Waals surface area (Å²) in [6.07, 6.45) is 0. The van der Waals surface area contributed by atoms with Crippen molar-refractivity contribution in [2.75, 3.05) is 0 Å². The topological polar surface area (TPSA) is 54.5 Å². The molecule has 1 aromatic rings. The van der Waals surface area contributed by atoms with Gasteiger partial charge in [0.05, 0.1) is 5.69 Å². The molecule has 1 heterocycles. The maximum Gasteiger partial charge on any atom is 0.161 e. The fraction of sp³-hybridized carbons (Fsp3) is 0.571. The summed E-state index contributed by atoms with van der Waals surface area (Å²) < 4.78 is 1.62. The third-order valence-electron chi connectivity index (χ3n) is 1.46. The average molecular weight is 150 g/mol. The lowest BCUT2D eigenvalue weighted by molar-refractivity contribution is 0.509. The summed E-state index contributed by atoms with van der Waals surface area (Å²) in [5.41, 5.74) is 1.25. The van der Waals surface area contributed by atoms with E-state index in [1.807, 2.05) is 13.8 Å². The highest BCUT2D eigenvalue weighted by Gasteiger charge is 2.09. The number of hydrogen-bond acceptors (Lipinski definition) is 3. The molecule has 0 fully saturated rings. The van der Waals surface area contributed by atoms with E-state index in [0.717, 1.165) is 0 Å². The van der Waals surface area contributed by atoms with E-state index in [2.05, 4.69) is 16.4 Å². The third-order valence-corrected chi connectivity index (χ3v) is 1.46. The van der Waals surface area contributed by atoms with E-state index in [0.29, 0.717) is 11.4 Å². The van der Waals surface area contributed by atoms with Crippen LogP contribution in [0.4, 0.5) is 0 Å². The van der Waals surface area contributed by atoms with Crippen LogP contribution < -0.4 is 0 Å². The largest absolute Gasteiger partial charge is 0.232 e. The molecule has 58 valence electrons. The molecule has 0 bridgehead atoms. The number of aryl methyl sites for hydroxylation is 1. The number of aromatic nitrogens is 3. The zero-order valence-electron chi connectivity index (χ0n) is 6.87. The summed E-state index contributed by atoms with van der Waals surface area (Å²) in [4.78, 5) is 0. The highest BCUT2D eigenvalue weighted by atomic mass is 15.4. The fourth-order valence-electron chi connectivity index (χ4n) is 0.867. The molecule has 0 aliphatic heterocycles. The first-order valence-corrected chi connectivity index (χ1v) is 3.48. The van der Waals surface area contributed by atoms with Gasteiger partial charge in [-0.2, -0.15) is 5.26 Å². The number of hydrogen-bond donors (Lipinski definition) is 0. The predicted molar refractivity (Wildman–Crippen MR) is 39.9 cm³/mol. The molecule has 0 amide bonds. The molecule has 0 saturated carbocycles. The average Bonchev–Trinajstić information content (AvgIpc) is 2.30. The minimum absolute atomic E-state index is 0.200. The lowest BCUT2D eigenvalue weighted by atomic mass is 10.3. The standard InChI is InChI=1S/C7H10N4/c1-5(2)11-7(4-8)6(3)9-10-11/h5H,1-3H3. The van der Waals surface area contributed by atoms with Crippen molar-refractivity contribution in [1.29, 1.82) is 5.26 Å². The predicted octanol–water partition coefficient (Wildman–Crippen LogP) is 1.04. The van der Waals surface area contributed by atoms with Crippen molar-refractivity contribution in [1.82, 2.24) is 15.0 Å². The van der Waals surface area contributed by atoms with Crippen molar-refractivity contribution in [3.05, 3.63) is 11.4 Å². The van der Waals surface area contributed by atoms with Crippen LogP contribution in [-0.2, 0) is 0 Å². The lowest BCUT2D eigenvalue weighted by Gasteiger charge is -2.03. The summed E-state index contributed by atoms with van der Waals surface area (Å²) in [6, 6.07) is 2.26. The molecule has 0 aromatic carbocycles. The molecule has 4 nitrogen and oxygen atoms in total. The molecule has 4 heteroatoms. The van der Waals surface area contributed by atoms with Crippen molar-refractivity contribution < 1.29 is 0 Å². The Balaban J connectivity index is 3.19. The second-order valence-corrected chi connectivity index (χ2v) is 2.67. The van der Waals surface area contributed by atoms with Crippen LogP contribution >= 0.6 is 0 Å². The minimum Gasteiger partial charge on any atom is -0.232 e. The molecule has 11 heavy (non-hydrogen) atoms. The van der Waals surface area contributed by atoms with Gasteiger partial charge in [-0.25, -0.2) is 4.68 Å². The molecule has 0 radical (unpaired) electrons. The molecule has 0 spiro atoms. The third kappa shape index (κ3) is 1.22. The first kappa shape index (κ1) is 7.73. The van der Waals surface area contributed by atoms with E-state index >= 15 is 0 Å². The Morgan fingerprint density at radius 3 is 2.55 bits per heavy atom. The fourth-order valence-corrected chi connectivity index (χ4v) is 0.867. The van der Waals surface area contributed by atoms with E-state index in [-0.39, 0.29) is 6.04 Å². The van der Waals surface area contributed by atoms with Crippen molar-refractivity contribution in [2.24, 2.45) is 0 Å². The van der Waals surface area contributed by atoms with Crippen LogP contribution in [0.3, 0.4) is 0 Å². The van der Waals surface area contributed by atoms with Gasteiger partial charge in [0.1, 0.15) is 6.07 Å². The summed E-state index contributed by atoms with van der Waals surface area (Å²) in [6.45, 7) is 5.72. The van der Waals surface area contributed by atoms with E-state index < -0.39 is 0 Å². The van der Waals surface area contributed by atoms with Gasteiger partial charge in [0.15, 0.2) is 5.69 Å². The summed E-state index contributed by atoms with van der Waals surface area (Å²) >= 11 is 0. The molecule has 0 unspecified atom stereocenters. The Bertz CT molecular complexity index is 292. The molecule has 0 N–H and O–H groups in total. The van der Waals surface area contributed by atoms with Crippen LogP contribution in [0, 0.1) is 18.3 Å². The van der Waals surface area contributed by atoms with Gasteiger partial charge in [0.25, 0.3) is 0 Å². The van der Waals surface area contributed by atoms with E-state index in [1.54, 1.807) is 11.6 Å². The van der Waals surface area contributed by atoms with Gasteiger partial charge in [0, 0.05) is 6.04 Å². The van der Waals surface area contributed by atoms with E-state index in [4.69, 9.17) is 5.26 Å². The molecule has 0 saturated heterocycles. The van der Waals surface area contributed by atoms with Crippen LogP contribution in [0.5, 0.6) is 0 Å². The van der Waals surface area contributed by atoms with Crippen LogP contribution in [0.25, 0.3) is 0 Å². The van der Waals surface area contributed by atoms with Gasteiger partial charge >= 0.3 is 0 Å². The lowest BCUT2D eigenvalue weighted by Crippen LogP contribution is -2.05. The van der Waals surface area contributed by atoms with Gasteiger partial charge in [-0.1, -0.05) is 5.21 Å². The first-order chi connectivity index (χ1) is 5.16. The Hall–Kier alpha value is -1.37. The van der Waals surface area contributed by atoms with Crippen LogP contribution in [-0.4, -0.2) is 15.0 Å². The Morgan fingerprint density at radius 1 is 1.55 bits per heavy atom. The smallest absolute Gasteiger partial charge is 0.161 e. The molecule has 0 aliphatic rings. The quantitative estimate of drug-likeness (QED) is 0.601. The molecular weight excluding hydrogens is 140 g/mol. The summed E-state index contributed by atoms with van der Waals surface area (Å²) in [5.74, 6) is 0. The first-order valence-electron chi connectivity index (χ1n) is 3.48. The number of nitrogens with zero attached hydrogens (tertiary/aromatic N) is 4. The van der Waals surface area contributed by atoms with Gasteiger partial charge in [0.2, 0.25) is 0 Å². The molecule has 0 aliphatic carbocycles. The highest BCUT2D eigenvalue weighted by molar-refractivity contribution is 5.24. The Kier molecular flexibility index (Phi) is 1.90. The monoisotopic (exact) mass is 150 g/mol. The van der Waals surface area contributed by atoms with Gasteiger partial charge < -0.3 is 0 Å². The normalized spacial score (nSPS) is 10.1. The maximum atomic E-state index is 8.69. The highest BCUT2D eigenvalue weighted by Crippen LogP contribution is 2.08. The van der Waals surface area contributed by atoms with Crippen LogP contribution in [0.2, 0.25) is 0 Å². The Labute approximate surface area is 65.4 Å². The summed E-state index contributed by atoms with van der Waals surface area (Å²) in [5, 5.41) is 16.3. The summed E-state index contributed by atoms with van der Waals surface area (Å²) in [7, 11) is 0. The minimum atomic E-state index is 0.200. The molecule has 0 atom stereocenters. The van der Waals surface area contributed by atoms with E-state index in [1.165, 1.54) is 0 Å². The SMILES string of the molecule is Cc1nnn(C(C)C)c1C#N.